The van der Waals surface area contributed by atoms with E-state index in [2.05, 4.69) is 16.2 Å². The molecule has 0 radical (unpaired) electrons. The molecular weight excluding hydrogens is 224 g/mol. The Labute approximate surface area is 98.1 Å². The van der Waals surface area contributed by atoms with E-state index in [0.717, 1.165) is 11.3 Å². The average Bonchev–Trinajstić information content (AvgIpc) is 2.62. The standard InChI is InChI=1S/C11H9ClN4/c1-16-10(7-13)6-9(15-16)5-8-3-2-4-14-11(8)12/h2-4,6H,5H2,1H3. The molecule has 0 N–H and O–H groups in total. The smallest absolute Gasteiger partial charge is 0.138 e. The zero-order chi connectivity index (χ0) is 11.5. The monoisotopic (exact) mass is 232 g/mol. The van der Waals surface area contributed by atoms with Crippen molar-refractivity contribution in [2.45, 2.75) is 6.42 Å². The van der Waals surface area contributed by atoms with Gasteiger partial charge in [-0.15, -0.1) is 0 Å². The predicted molar refractivity (Wildman–Crippen MR) is 60.0 cm³/mol. The van der Waals surface area contributed by atoms with E-state index in [1.807, 2.05) is 12.1 Å². The van der Waals surface area contributed by atoms with E-state index >= 15 is 0 Å². The van der Waals surface area contributed by atoms with E-state index in [1.165, 1.54) is 0 Å². The lowest BCUT2D eigenvalue weighted by Gasteiger charge is -1.99. The van der Waals surface area contributed by atoms with Gasteiger partial charge >= 0.3 is 0 Å². The topological polar surface area (TPSA) is 54.5 Å². The van der Waals surface area contributed by atoms with Gasteiger partial charge in [-0.1, -0.05) is 17.7 Å². The van der Waals surface area contributed by atoms with E-state index in [-0.39, 0.29) is 0 Å². The minimum absolute atomic E-state index is 0.478. The second kappa shape index (κ2) is 4.33. The van der Waals surface area contributed by atoms with Gasteiger partial charge < -0.3 is 0 Å². The molecule has 0 unspecified atom stereocenters. The molecule has 0 atom stereocenters. The van der Waals surface area contributed by atoms with Gasteiger partial charge in [0.2, 0.25) is 0 Å². The molecule has 2 heterocycles. The van der Waals surface area contributed by atoms with Crippen molar-refractivity contribution in [2.24, 2.45) is 7.05 Å². The molecule has 5 heteroatoms. The van der Waals surface area contributed by atoms with Gasteiger partial charge in [-0.2, -0.15) is 10.4 Å². The highest BCUT2D eigenvalue weighted by molar-refractivity contribution is 6.30. The summed E-state index contributed by atoms with van der Waals surface area (Å²) in [6, 6.07) is 7.55. The minimum Gasteiger partial charge on any atom is -0.258 e. The molecule has 0 saturated carbocycles. The Morgan fingerprint density at radius 1 is 1.56 bits per heavy atom. The molecule has 0 aliphatic rings. The fraction of sp³-hybridized carbons (Fsp3) is 0.182. The van der Waals surface area contributed by atoms with Crippen LogP contribution in [0.2, 0.25) is 5.15 Å². The van der Waals surface area contributed by atoms with Crippen molar-refractivity contribution in [2.75, 3.05) is 0 Å². The molecule has 4 nitrogen and oxygen atoms in total. The maximum absolute atomic E-state index is 8.80. The number of aryl methyl sites for hydroxylation is 1. The molecule has 0 bridgehead atoms. The highest BCUT2D eigenvalue weighted by atomic mass is 35.5. The zero-order valence-corrected chi connectivity index (χ0v) is 9.44. The van der Waals surface area contributed by atoms with E-state index < -0.39 is 0 Å². The maximum atomic E-state index is 8.80. The number of nitriles is 1. The first-order valence-corrected chi connectivity index (χ1v) is 5.11. The van der Waals surface area contributed by atoms with Crippen LogP contribution in [-0.2, 0) is 13.5 Å². The van der Waals surface area contributed by atoms with Crippen LogP contribution in [0.5, 0.6) is 0 Å². The quantitative estimate of drug-likeness (QED) is 0.744. The third kappa shape index (κ3) is 2.05. The van der Waals surface area contributed by atoms with Crippen molar-refractivity contribution in [3.05, 3.63) is 46.5 Å². The summed E-state index contributed by atoms with van der Waals surface area (Å²) < 4.78 is 1.56. The van der Waals surface area contributed by atoms with Crippen LogP contribution in [0.1, 0.15) is 17.0 Å². The molecule has 2 aromatic heterocycles. The van der Waals surface area contributed by atoms with E-state index in [4.69, 9.17) is 16.9 Å². The van der Waals surface area contributed by atoms with Crippen molar-refractivity contribution < 1.29 is 0 Å². The summed E-state index contributed by atoms with van der Waals surface area (Å²) in [5.74, 6) is 0. The van der Waals surface area contributed by atoms with E-state index in [9.17, 15) is 0 Å². The summed E-state index contributed by atoms with van der Waals surface area (Å²) in [4.78, 5) is 3.99. The molecule has 2 aromatic rings. The first-order valence-electron chi connectivity index (χ1n) is 4.73. The van der Waals surface area contributed by atoms with Gasteiger partial charge in [-0.05, 0) is 17.7 Å². The van der Waals surface area contributed by atoms with Crippen LogP contribution in [0, 0.1) is 11.3 Å². The normalized spacial score (nSPS) is 10.1. The zero-order valence-electron chi connectivity index (χ0n) is 8.68. The number of rotatable bonds is 2. The molecule has 0 aromatic carbocycles. The summed E-state index contributed by atoms with van der Waals surface area (Å²) in [6.45, 7) is 0. The number of hydrogen-bond acceptors (Lipinski definition) is 3. The van der Waals surface area contributed by atoms with Gasteiger partial charge in [0.05, 0.1) is 5.69 Å². The van der Waals surface area contributed by atoms with Gasteiger partial charge in [0, 0.05) is 19.7 Å². The largest absolute Gasteiger partial charge is 0.258 e. The summed E-state index contributed by atoms with van der Waals surface area (Å²) in [6.07, 6.45) is 2.23. The van der Waals surface area contributed by atoms with Gasteiger partial charge in [0.15, 0.2) is 0 Å². The number of halogens is 1. The first-order chi connectivity index (χ1) is 7.70. The summed E-state index contributed by atoms with van der Waals surface area (Å²) in [5, 5.41) is 13.5. The van der Waals surface area contributed by atoms with Crippen LogP contribution in [0.25, 0.3) is 0 Å². The lowest BCUT2D eigenvalue weighted by atomic mass is 10.1. The lowest BCUT2D eigenvalue weighted by molar-refractivity contribution is 0.739. The second-order valence-corrected chi connectivity index (χ2v) is 3.74. The lowest BCUT2D eigenvalue weighted by Crippen LogP contribution is -1.96. The highest BCUT2D eigenvalue weighted by Gasteiger charge is 2.07. The highest BCUT2D eigenvalue weighted by Crippen LogP contribution is 2.16. The predicted octanol–water partition coefficient (Wildman–Crippen LogP) is 1.93. The number of hydrogen-bond donors (Lipinski definition) is 0. The molecule has 0 fully saturated rings. The third-order valence-corrected chi connectivity index (χ3v) is 2.59. The van der Waals surface area contributed by atoms with Gasteiger partial charge in [-0.25, -0.2) is 4.98 Å². The SMILES string of the molecule is Cn1nc(Cc2cccnc2Cl)cc1C#N. The summed E-state index contributed by atoms with van der Waals surface area (Å²) >= 11 is 5.94. The van der Waals surface area contributed by atoms with Crippen molar-refractivity contribution in [1.29, 1.82) is 5.26 Å². The fourth-order valence-electron chi connectivity index (χ4n) is 1.46. The number of aromatic nitrogens is 3. The molecule has 0 amide bonds. The van der Waals surface area contributed by atoms with Crippen molar-refractivity contribution in [3.63, 3.8) is 0 Å². The molecule has 80 valence electrons. The molecular formula is C11H9ClN4. The van der Waals surface area contributed by atoms with E-state index in [0.29, 0.717) is 17.3 Å². The van der Waals surface area contributed by atoms with Gasteiger partial charge in [0.1, 0.15) is 16.9 Å². The molecule has 2 rings (SSSR count). The Hall–Kier alpha value is -1.86. The van der Waals surface area contributed by atoms with Crippen LogP contribution in [0.3, 0.4) is 0 Å². The minimum atomic E-state index is 0.478. The summed E-state index contributed by atoms with van der Waals surface area (Å²) in [5.41, 5.74) is 2.26. The number of nitrogens with zero attached hydrogens (tertiary/aromatic N) is 4. The Balaban J connectivity index is 2.28. The second-order valence-electron chi connectivity index (χ2n) is 3.39. The molecule has 0 spiro atoms. The third-order valence-electron chi connectivity index (χ3n) is 2.25. The molecule has 0 aliphatic heterocycles. The molecule has 0 saturated heterocycles. The maximum Gasteiger partial charge on any atom is 0.138 e. The Morgan fingerprint density at radius 3 is 3.00 bits per heavy atom. The van der Waals surface area contributed by atoms with Crippen LogP contribution in [0.15, 0.2) is 24.4 Å². The van der Waals surface area contributed by atoms with Crippen molar-refractivity contribution in [3.8, 4) is 6.07 Å². The van der Waals surface area contributed by atoms with Crippen LogP contribution >= 0.6 is 11.6 Å². The summed E-state index contributed by atoms with van der Waals surface area (Å²) in [7, 11) is 1.74. The van der Waals surface area contributed by atoms with Crippen LogP contribution < -0.4 is 0 Å². The first kappa shape index (κ1) is 10.7. The van der Waals surface area contributed by atoms with E-state index in [1.54, 1.807) is 24.0 Å². The van der Waals surface area contributed by atoms with Crippen molar-refractivity contribution in [1.82, 2.24) is 14.8 Å². The Morgan fingerprint density at radius 2 is 2.38 bits per heavy atom. The Kier molecular flexibility index (Phi) is 2.88. The van der Waals surface area contributed by atoms with Crippen LogP contribution in [0.4, 0.5) is 0 Å². The average molecular weight is 233 g/mol. The van der Waals surface area contributed by atoms with Crippen LogP contribution in [-0.4, -0.2) is 14.8 Å². The Bertz CT molecular complexity index is 553. The number of pyridine rings is 1. The fourth-order valence-corrected chi connectivity index (χ4v) is 1.65. The van der Waals surface area contributed by atoms with Gasteiger partial charge in [0.25, 0.3) is 0 Å². The molecule has 0 aliphatic carbocycles. The van der Waals surface area contributed by atoms with Crippen molar-refractivity contribution >= 4 is 11.6 Å². The van der Waals surface area contributed by atoms with Gasteiger partial charge in [-0.3, -0.25) is 4.68 Å². The molecule has 16 heavy (non-hydrogen) atoms.